The summed E-state index contributed by atoms with van der Waals surface area (Å²) in [6.07, 6.45) is 0. The van der Waals surface area contributed by atoms with Crippen LogP contribution in [0.2, 0.25) is 0 Å². The van der Waals surface area contributed by atoms with Crippen molar-refractivity contribution in [3.05, 3.63) is 64.1 Å². The standard InChI is InChI=1S/C15H16BrNO2/c16-14-6-7-15(13(8-14)9-17)19-11-18-10-12-4-2-1-3-5-12/h1-8H,9-11,17H2. The quantitative estimate of drug-likeness (QED) is 0.654. The van der Waals surface area contributed by atoms with Gasteiger partial charge in [0.2, 0.25) is 0 Å². The number of benzene rings is 2. The van der Waals surface area contributed by atoms with E-state index in [1.54, 1.807) is 0 Å². The molecule has 0 aliphatic heterocycles. The highest BCUT2D eigenvalue weighted by Gasteiger charge is 2.03. The second-order valence-corrected chi connectivity index (χ2v) is 4.97. The Balaban J connectivity index is 1.83. The summed E-state index contributed by atoms with van der Waals surface area (Å²) < 4.78 is 12.1. The van der Waals surface area contributed by atoms with E-state index in [0.29, 0.717) is 13.2 Å². The molecule has 2 aromatic rings. The largest absolute Gasteiger partial charge is 0.467 e. The first-order valence-corrected chi connectivity index (χ1v) is 6.82. The van der Waals surface area contributed by atoms with Crippen molar-refractivity contribution in [1.82, 2.24) is 0 Å². The average molecular weight is 322 g/mol. The summed E-state index contributed by atoms with van der Waals surface area (Å²) in [5, 5.41) is 0. The van der Waals surface area contributed by atoms with E-state index in [-0.39, 0.29) is 6.79 Å². The molecular formula is C15H16BrNO2. The van der Waals surface area contributed by atoms with Crippen molar-refractivity contribution in [3.63, 3.8) is 0 Å². The Morgan fingerprint density at radius 1 is 1.05 bits per heavy atom. The van der Waals surface area contributed by atoms with Crippen molar-refractivity contribution in [3.8, 4) is 5.75 Å². The highest BCUT2D eigenvalue weighted by molar-refractivity contribution is 9.10. The molecule has 2 N–H and O–H groups in total. The molecule has 0 radical (unpaired) electrons. The summed E-state index contributed by atoms with van der Waals surface area (Å²) in [7, 11) is 0. The summed E-state index contributed by atoms with van der Waals surface area (Å²) >= 11 is 3.41. The zero-order valence-corrected chi connectivity index (χ0v) is 12.1. The van der Waals surface area contributed by atoms with Gasteiger partial charge in [-0.1, -0.05) is 46.3 Å². The molecule has 4 heteroatoms. The molecule has 0 spiro atoms. The minimum absolute atomic E-state index is 0.212. The maximum atomic E-state index is 5.67. The molecular weight excluding hydrogens is 306 g/mol. The van der Waals surface area contributed by atoms with Gasteiger partial charge in [0.25, 0.3) is 0 Å². The van der Waals surface area contributed by atoms with Crippen LogP contribution in [0.25, 0.3) is 0 Å². The van der Waals surface area contributed by atoms with E-state index in [1.807, 2.05) is 48.5 Å². The van der Waals surface area contributed by atoms with Crippen LogP contribution < -0.4 is 10.5 Å². The van der Waals surface area contributed by atoms with Crippen LogP contribution in [0.5, 0.6) is 5.75 Å². The molecule has 0 aromatic heterocycles. The fraction of sp³-hybridized carbons (Fsp3) is 0.200. The van der Waals surface area contributed by atoms with Gasteiger partial charge in [-0.25, -0.2) is 0 Å². The third-order valence-electron chi connectivity index (χ3n) is 2.65. The molecule has 3 nitrogen and oxygen atoms in total. The maximum absolute atomic E-state index is 5.67. The summed E-state index contributed by atoms with van der Waals surface area (Å²) in [4.78, 5) is 0. The Labute approximate surface area is 121 Å². The van der Waals surface area contributed by atoms with Gasteiger partial charge in [-0.15, -0.1) is 0 Å². The number of rotatable bonds is 6. The van der Waals surface area contributed by atoms with Crippen LogP contribution in [0.15, 0.2) is 53.0 Å². The van der Waals surface area contributed by atoms with Crippen LogP contribution in [-0.2, 0) is 17.9 Å². The van der Waals surface area contributed by atoms with Gasteiger partial charge in [0, 0.05) is 16.6 Å². The van der Waals surface area contributed by atoms with Crippen molar-refractivity contribution < 1.29 is 9.47 Å². The second kappa shape index (κ2) is 7.28. The van der Waals surface area contributed by atoms with E-state index in [1.165, 1.54) is 0 Å². The Kier molecular flexibility index (Phi) is 5.39. The smallest absolute Gasteiger partial charge is 0.189 e. The van der Waals surface area contributed by atoms with E-state index in [9.17, 15) is 0 Å². The average Bonchev–Trinajstić information content (AvgIpc) is 2.46. The number of hydrogen-bond donors (Lipinski definition) is 1. The fourth-order valence-electron chi connectivity index (χ4n) is 1.69. The SMILES string of the molecule is NCc1cc(Br)ccc1OCOCc1ccccc1. The normalized spacial score (nSPS) is 10.4. The summed E-state index contributed by atoms with van der Waals surface area (Å²) in [6, 6.07) is 15.8. The second-order valence-electron chi connectivity index (χ2n) is 4.05. The fourth-order valence-corrected chi connectivity index (χ4v) is 2.10. The Morgan fingerprint density at radius 3 is 2.58 bits per heavy atom. The van der Waals surface area contributed by atoms with Gasteiger partial charge in [-0.2, -0.15) is 0 Å². The minimum Gasteiger partial charge on any atom is -0.467 e. The molecule has 0 fully saturated rings. The van der Waals surface area contributed by atoms with E-state index in [2.05, 4.69) is 15.9 Å². The molecule has 100 valence electrons. The summed E-state index contributed by atoms with van der Waals surface area (Å²) in [6.45, 7) is 1.19. The van der Waals surface area contributed by atoms with Gasteiger partial charge in [0.1, 0.15) is 5.75 Å². The topological polar surface area (TPSA) is 44.5 Å². The molecule has 2 rings (SSSR count). The molecule has 0 aliphatic rings. The molecule has 0 saturated carbocycles. The minimum atomic E-state index is 0.212. The van der Waals surface area contributed by atoms with Crippen LogP contribution >= 0.6 is 15.9 Å². The van der Waals surface area contributed by atoms with Crippen LogP contribution in [0.1, 0.15) is 11.1 Å². The van der Waals surface area contributed by atoms with Crippen molar-refractivity contribution >= 4 is 15.9 Å². The highest BCUT2D eigenvalue weighted by Crippen LogP contribution is 2.22. The maximum Gasteiger partial charge on any atom is 0.189 e. The monoisotopic (exact) mass is 321 g/mol. The molecule has 0 unspecified atom stereocenters. The molecule has 2 aromatic carbocycles. The third-order valence-corrected chi connectivity index (χ3v) is 3.15. The lowest BCUT2D eigenvalue weighted by Crippen LogP contribution is -2.06. The lowest BCUT2D eigenvalue weighted by molar-refractivity contribution is 0.00454. The van der Waals surface area contributed by atoms with Crippen molar-refractivity contribution in [2.45, 2.75) is 13.2 Å². The lowest BCUT2D eigenvalue weighted by atomic mass is 10.2. The zero-order chi connectivity index (χ0) is 13.5. The third kappa shape index (κ3) is 4.35. The van der Waals surface area contributed by atoms with Crippen molar-refractivity contribution in [2.75, 3.05) is 6.79 Å². The molecule has 19 heavy (non-hydrogen) atoms. The van der Waals surface area contributed by atoms with Crippen molar-refractivity contribution in [1.29, 1.82) is 0 Å². The van der Waals surface area contributed by atoms with E-state index in [4.69, 9.17) is 15.2 Å². The number of hydrogen-bond acceptors (Lipinski definition) is 3. The van der Waals surface area contributed by atoms with Gasteiger partial charge in [0.15, 0.2) is 6.79 Å². The lowest BCUT2D eigenvalue weighted by Gasteiger charge is -2.11. The van der Waals surface area contributed by atoms with Crippen LogP contribution in [0, 0.1) is 0 Å². The van der Waals surface area contributed by atoms with Gasteiger partial charge in [-0.05, 0) is 23.8 Å². The molecule has 0 saturated heterocycles. The highest BCUT2D eigenvalue weighted by atomic mass is 79.9. The predicted octanol–water partition coefficient (Wildman–Crippen LogP) is 3.46. The Hall–Kier alpha value is -1.36. The Bertz CT molecular complexity index is 517. The molecule has 0 heterocycles. The van der Waals surface area contributed by atoms with Gasteiger partial charge >= 0.3 is 0 Å². The van der Waals surface area contributed by atoms with E-state index >= 15 is 0 Å². The zero-order valence-electron chi connectivity index (χ0n) is 10.5. The van der Waals surface area contributed by atoms with Crippen LogP contribution in [0.4, 0.5) is 0 Å². The number of ether oxygens (including phenoxy) is 2. The van der Waals surface area contributed by atoms with Gasteiger partial charge in [0.05, 0.1) is 6.61 Å². The number of halogens is 1. The van der Waals surface area contributed by atoms with E-state index < -0.39 is 0 Å². The first-order chi connectivity index (χ1) is 9.29. The Morgan fingerprint density at radius 2 is 1.84 bits per heavy atom. The first-order valence-electron chi connectivity index (χ1n) is 6.02. The van der Waals surface area contributed by atoms with Gasteiger partial charge < -0.3 is 15.2 Å². The summed E-state index contributed by atoms with van der Waals surface area (Å²) in [5.74, 6) is 0.763. The summed E-state index contributed by atoms with van der Waals surface area (Å²) in [5.41, 5.74) is 7.76. The first kappa shape index (κ1) is 14.1. The van der Waals surface area contributed by atoms with Crippen LogP contribution in [0.3, 0.4) is 0 Å². The predicted molar refractivity (Wildman–Crippen MR) is 78.8 cm³/mol. The molecule has 0 bridgehead atoms. The molecule has 0 amide bonds. The molecule has 0 aliphatic carbocycles. The van der Waals surface area contributed by atoms with Crippen molar-refractivity contribution in [2.24, 2.45) is 5.73 Å². The molecule has 0 atom stereocenters. The van der Waals surface area contributed by atoms with E-state index in [0.717, 1.165) is 21.3 Å². The van der Waals surface area contributed by atoms with Gasteiger partial charge in [-0.3, -0.25) is 0 Å². The number of nitrogens with two attached hydrogens (primary N) is 1. The van der Waals surface area contributed by atoms with Crippen LogP contribution in [-0.4, -0.2) is 6.79 Å².